The van der Waals surface area contributed by atoms with Crippen molar-refractivity contribution in [2.75, 3.05) is 0 Å². The van der Waals surface area contributed by atoms with Gasteiger partial charge in [-0.05, 0) is 29.8 Å². The van der Waals surface area contributed by atoms with E-state index in [1.807, 2.05) is 43.6 Å². The summed E-state index contributed by atoms with van der Waals surface area (Å²) in [5.74, 6) is 0. The number of para-hydroxylation sites is 1. The van der Waals surface area contributed by atoms with Crippen LogP contribution < -0.4 is 0 Å². The van der Waals surface area contributed by atoms with Crippen LogP contribution >= 0.6 is 11.6 Å². The lowest BCUT2D eigenvalue weighted by atomic mass is 10.0. The molecule has 0 aliphatic rings. The molecule has 0 atom stereocenters. The molecular weight excluding hydrogens is 280 g/mol. The molecule has 0 fully saturated rings. The van der Waals surface area contributed by atoms with Crippen LogP contribution in [0.4, 0.5) is 0 Å². The normalized spacial score (nSPS) is 11.6. The van der Waals surface area contributed by atoms with Crippen LogP contribution in [0.2, 0.25) is 5.02 Å². The summed E-state index contributed by atoms with van der Waals surface area (Å²) >= 11 is 5.90. The number of aromatic nitrogens is 1. The number of fused-ring (bicyclic) bond motifs is 1. The molecule has 3 aromatic rings. The van der Waals surface area contributed by atoms with E-state index in [2.05, 4.69) is 22.8 Å². The molecule has 3 rings (SSSR count). The van der Waals surface area contributed by atoms with E-state index < -0.39 is 0 Å². The van der Waals surface area contributed by atoms with Crippen molar-refractivity contribution < 1.29 is 0 Å². The third kappa shape index (κ3) is 2.56. The largest absolute Gasteiger partial charge is 0.350 e. The van der Waals surface area contributed by atoms with Crippen LogP contribution in [0.5, 0.6) is 0 Å². The predicted octanol–water partition coefficient (Wildman–Crippen LogP) is 4.90. The number of benzene rings is 2. The van der Waals surface area contributed by atoms with Crippen LogP contribution in [0, 0.1) is 11.3 Å². The van der Waals surface area contributed by atoms with Crippen molar-refractivity contribution >= 4 is 34.2 Å². The molecule has 0 saturated heterocycles. The highest BCUT2D eigenvalue weighted by Gasteiger charge is 2.06. The van der Waals surface area contributed by atoms with Gasteiger partial charge in [-0.15, -0.1) is 0 Å². The Morgan fingerprint density at radius 3 is 2.57 bits per heavy atom. The Hall–Kier alpha value is -2.50. The average Bonchev–Trinajstić information content (AvgIpc) is 2.83. The molecule has 0 radical (unpaired) electrons. The minimum Gasteiger partial charge on any atom is -0.350 e. The van der Waals surface area contributed by atoms with E-state index in [1.54, 1.807) is 12.1 Å². The molecule has 102 valence electrons. The van der Waals surface area contributed by atoms with Gasteiger partial charge in [0.25, 0.3) is 0 Å². The minimum absolute atomic E-state index is 0.628. The summed E-state index contributed by atoms with van der Waals surface area (Å²) in [5, 5.41) is 11.2. The topological polar surface area (TPSA) is 28.7 Å². The van der Waals surface area contributed by atoms with Gasteiger partial charge in [0.1, 0.15) is 0 Å². The Balaban J connectivity index is 2.13. The number of allylic oxidation sites excluding steroid dienone is 1. The summed E-state index contributed by atoms with van der Waals surface area (Å²) in [4.78, 5) is 0. The standard InChI is InChI=1S/C18H13ClN2/c1-21-12-15(17-4-2-3-5-18(17)21)10-14(11-20)13-6-8-16(19)9-7-13/h2-10,12H,1H3/b14-10-. The highest BCUT2D eigenvalue weighted by atomic mass is 35.5. The first-order valence-corrected chi connectivity index (χ1v) is 6.98. The molecule has 0 aliphatic heterocycles. The number of nitrogens with zero attached hydrogens (tertiary/aromatic N) is 2. The third-order valence-corrected chi connectivity index (χ3v) is 3.76. The maximum atomic E-state index is 9.43. The number of rotatable bonds is 2. The zero-order valence-electron chi connectivity index (χ0n) is 11.5. The number of hydrogen-bond donors (Lipinski definition) is 0. The molecular formula is C18H13ClN2. The van der Waals surface area contributed by atoms with Gasteiger partial charge in [-0.3, -0.25) is 0 Å². The maximum absolute atomic E-state index is 9.43. The van der Waals surface area contributed by atoms with Crippen molar-refractivity contribution in [1.82, 2.24) is 4.57 Å². The van der Waals surface area contributed by atoms with Crippen LogP contribution in [0.25, 0.3) is 22.6 Å². The highest BCUT2D eigenvalue weighted by Crippen LogP contribution is 2.25. The van der Waals surface area contributed by atoms with Gasteiger partial charge in [-0.1, -0.05) is 41.9 Å². The molecule has 21 heavy (non-hydrogen) atoms. The molecule has 0 aliphatic carbocycles. The van der Waals surface area contributed by atoms with E-state index >= 15 is 0 Å². The lowest BCUT2D eigenvalue weighted by molar-refractivity contribution is 0.968. The second kappa shape index (κ2) is 5.47. The predicted molar refractivity (Wildman–Crippen MR) is 87.9 cm³/mol. The molecule has 2 aromatic carbocycles. The fraction of sp³-hybridized carbons (Fsp3) is 0.0556. The van der Waals surface area contributed by atoms with Crippen LogP contribution in [-0.2, 0) is 7.05 Å². The first kappa shape index (κ1) is 13.5. The first-order valence-electron chi connectivity index (χ1n) is 6.61. The molecule has 0 saturated carbocycles. The second-order valence-corrected chi connectivity index (χ2v) is 5.33. The Bertz CT molecular complexity index is 864. The number of halogens is 1. The van der Waals surface area contributed by atoms with Gasteiger partial charge in [0.2, 0.25) is 0 Å². The summed E-state index contributed by atoms with van der Waals surface area (Å²) < 4.78 is 2.07. The zero-order valence-corrected chi connectivity index (χ0v) is 12.3. The van der Waals surface area contributed by atoms with E-state index in [0.29, 0.717) is 10.6 Å². The summed E-state index contributed by atoms with van der Waals surface area (Å²) in [7, 11) is 2.01. The highest BCUT2D eigenvalue weighted by molar-refractivity contribution is 6.30. The molecule has 1 heterocycles. The van der Waals surface area contributed by atoms with E-state index in [-0.39, 0.29) is 0 Å². The van der Waals surface area contributed by atoms with Gasteiger partial charge >= 0.3 is 0 Å². The van der Waals surface area contributed by atoms with Crippen molar-refractivity contribution in [1.29, 1.82) is 5.26 Å². The fourth-order valence-electron chi connectivity index (χ4n) is 2.45. The molecule has 2 nitrogen and oxygen atoms in total. The lowest BCUT2D eigenvalue weighted by Gasteiger charge is -1.99. The summed E-state index contributed by atoms with van der Waals surface area (Å²) in [6.07, 6.45) is 3.96. The number of hydrogen-bond acceptors (Lipinski definition) is 1. The maximum Gasteiger partial charge on any atom is 0.0998 e. The molecule has 0 unspecified atom stereocenters. The first-order chi connectivity index (χ1) is 10.2. The van der Waals surface area contributed by atoms with Crippen molar-refractivity contribution in [3.63, 3.8) is 0 Å². The zero-order chi connectivity index (χ0) is 14.8. The Labute approximate surface area is 128 Å². The monoisotopic (exact) mass is 292 g/mol. The van der Waals surface area contributed by atoms with E-state index in [4.69, 9.17) is 11.6 Å². The van der Waals surface area contributed by atoms with Crippen molar-refractivity contribution in [3.8, 4) is 6.07 Å². The second-order valence-electron chi connectivity index (χ2n) is 4.89. The smallest absolute Gasteiger partial charge is 0.0998 e. The van der Waals surface area contributed by atoms with Gasteiger partial charge < -0.3 is 4.57 Å². The van der Waals surface area contributed by atoms with Crippen LogP contribution in [0.1, 0.15) is 11.1 Å². The lowest BCUT2D eigenvalue weighted by Crippen LogP contribution is -1.82. The third-order valence-electron chi connectivity index (χ3n) is 3.50. The Morgan fingerprint density at radius 1 is 1.14 bits per heavy atom. The SMILES string of the molecule is Cn1cc(/C=C(/C#N)c2ccc(Cl)cc2)c2ccccc21. The quantitative estimate of drug-likeness (QED) is 0.618. The van der Waals surface area contributed by atoms with Crippen molar-refractivity contribution in [2.24, 2.45) is 7.05 Å². The van der Waals surface area contributed by atoms with Gasteiger partial charge in [0.15, 0.2) is 0 Å². The van der Waals surface area contributed by atoms with Crippen molar-refractivity contribution in [3.05, 3.63) is 70.9 Å². The van der Waals surface area contributed by atoms with Crippen molar-refractivity contribution in [2.45, 2.75) is 0 Å². The Morgan fingerprint density at radius 2 is 1.86 bits per heavy atom. The van der Waals surface area contributed by atoms with Gasteiger partial charge in [-0.2, -0.15) is 5.26 Å². The summed E-state index contributed by atoms with van der Waals surface area (Å²) in [6, 6.07) is 17.7. The molecule has 0 N–H and O–H groups in total. The van der Waals surface area contributed by atoms with E-state index in [9.17, 15) is 5.26 Å². The molecule has 1 aromatic heterocycles. The van der Waals surface area contributed by atoms with Crippen LogP contribution in [0.3, 0.4) is 0 Å². The fourth-order valence-corrected chi connectivity index (χ4v) is 2.58. The number of aryl methyl sites for hydroxylation is 1. The van der Waals surface area contributed by atoms with E-state index in [1.165, 1.54) is 0 Å². The summed E-state index contributed by atoms with van der Waals surface area (Å²) in [5.41, 5.74) is 3.69. The summed E-state index contributed by atoms with van der Waals surface area (Å²) in [6.45, 7) is 0. The average molecular weight is 293 g/mol. The molecule has 0 bridgehead atoms. The number of nitriles is 1. The van der Waals surface area contributed by atoms with Crippen LogP contribution in [0.15, 0.2) is 54.7 Å². The van der Waals surface area contributed by atoms with Gasteiger partial charge in [0, 0.05) is 34.7 Å². The molecule has 0 amide bonds. The minimum atomic E-state index is 0.628. The van der Waals surface area contributed by atoms with Crippen LogP contribution in [-0.4, -0.2) is 4.57 Å². The molecule has 3 heteroatoms. The Kier molecular flexibility index (Phi) is 3.51. The van der Waals surface area contributed by atoms with Gasteiger partial charge in [-0.25, -0.2) is 0 Å². The van der Waals surface area contributed by atoms with Gasteiger partial charge in [0.05, 0.1) is 11.6 Å². The molecule has 0 spiro atoms. The van der Waals surface area contributed by atoms with E-state index in [0.717, 1.165) is 22.0 Å².